The van der Waals surface area contributed by atoms with Gasteiger partial charge >= 0.3 is 0 Å². The van der Waals surface area contributed by atoms with E-state index < -0.39 is 0 Å². The maximum absolute atomic E-state index is 14.0. The number of hydrogen-bond donors (Lipinski definition) is 1. The standard InChI is InChI=1S/C19H17FN2S/c20-13-6-5-12-7-11-3-1-2-4-15(11)17-9-14-10-21-19(23)22(14)18(17)16(12)8-13/h1-6,8,14,17-18H,7,9-10H2,(H,21,23)/t14-,17+,18+/m0/s1. The number of nitrogens with zero attached hydrogens (tertiary/aromatic N) is 1. The molecular weight excluding hydrogens is 307 g/mol. The van der Waals surface area contributed by atoms with Gasteiger partial charge in [0, 0.05) is 18.5 Å². The first-order valence-corrected chi connectivity index (χ1v) is 8.55. The van der Waals surface area contributed by atoms with Crippen molar-refractivity contribution in [1.82, 2.24) is 10.2 Å². The Morgan fingerprint density at radius 3 is 2.83 bits per heavy atom. The van der Waals surface area contributed by atoms with Crippen LogP contribution in [0.3, 0.4) is 0 Å². The minimum absolute atomic E-state index is 0.150. The van der Waals surface area contributed by atoms with E-state index in [0.717, 1.165) is 30.1 Å². The van der Waals surface area contributed by atoms with Crippen molar-refractivity contribution < 1.29 is 4.39 Å². The van der Waals surface area contributed by atoms with Crippen molar-refractivity contribution in [3.8, 4) is 0 Å². The first-order valence-electron chi connectivity index (χ1n) is 8.14. The molecule has 2 fully saturated rings. The van der Waals surface area contributed by atoms with Crippen LogP contribution in [0.15, 0.2) is 42.5 Å². The van der Waals surface area contributed by atoms with E-state index in [-0.39, 0.29) is 11.9 Å². The summed E-state index contributed by atoms with van der Waals surface area (Å²) in [4.78, 5) is 2.32. The quantitative estimate of drug-likeness (QED) is 0.747. The molecule has 3 aliphatic rings. The molecule has 1 aliphatic carbocycles. The summed E-state index contributed by atoms with van der Waals surface area (Å²) >= 11 is 5.55. The molecule has 0 unspecified atom stereocenters. The van der Waals surface area contributed by atoms with E-state index in [2.05, 4.69) is 34.5 Å². The second-order valence-electron chi connectivity index (χ2n) is 6.75. The van der Waals surface area contributed by atoms with E-state index in [4.69, 9.17) is 12.2 Å². The minimum atomic E-state index is -0.157. The van der Waals surface area contributed by atoms with E-state index in [1.165, 1.54) is 16.7 Å². The topological polar surface area (TPSA) is 15.3 Å². The van der Waals surface area contributed by atoms with Gasteiger partial charge in [-0.2, -0.15) is 0 Å². The van der Waals surface area contributed by atoms with Gasteiger partial charge in [-0.25, -0.2) is 4.39 Å². The van der Waals surface area contributed by atoms with Crippen LogP contribution >= 0.6 is 12.2 Å². The van der Waals surface area contributed by atoms with Crippen molar-refractivity contribution in [3.05, 3.63) is 70.5 Å². The number of fused-ring (bicyclic) bond motifs is 7. The Labute approximate surface area is 140 Å². The van der Waals surface area contributed by atoms with Crippen molar-refractivity contribution in [3.63, 3.8) is 0 Å². The van der Waals surface area contributed by atoms with E-state index >= 15 is 0 Å². The summed E-state index contributed by atoms with van der Waals surface area (Å²) in [5, 5.41) is 4.12. The van der Waals surface area contributed by atoms with E-state index in [0.29, 0.717) is 12.0 Å². The molecule has 3 atom stereocenters. The lowest BCUT2D eigenvalue weighted by atomic mass is 9.86. The normalized spacial score (nSPS) is 27.6. The highest BCUT2D eigenvalue weighted by atomic mass is 32.1. The average Bonchev–Trinajstić information content (AvgIpc) is 3.06. The number of benzene rings is 2. The highest BCUT2D eigenvalue weighted by Crippen LogP contribution is 2.51. The molecule has 2 aliphatic heterocycles. The SMILES string of the molecule is Fc1ccc2c(c1)[C@@H]1[C@H](C[C@H]3CNC(=S)N31)c1ccccc1C2. The van der Waals surface area contributed by atoms with E-state index in [1.54, 1.807) is 12.1 Å². The molecule has 5 rings (SSSR count). The van der Waals surface area contributed by atoms with Gasteiger partial charge in [0.2, 0.25) is 0 Å². The van der Waals surface area contributed by atoms with Gasteiger partial charge in [0.1, 0.15) is 5.82 Å². The summed E-state index contributed by atoms with van der Waals surface area (Å²) in [5.41, 5.74) is 5.11. The molecule has 116 valence electrons. The maximum Gasteiger partial charge on any atom is 0.169 e. The molecule has 2 heterocycles. The van der Waals surface area contributed by atoms with Crippen molar-refractivity contribution in [2.24, 2.45) is 0 Å². The number of rotatable bonds is 0. The van der Waals surface area contributed by atoms with Crippen LogP contribution in [0, 0.1) is 5.82 Å². The Morgan fingerprint density at radius 2 is 1.91 bits per heavy atom. The summed E-state index contributed by atoms with van der Waals surface area (Å²) in [6.45, 7) is 0.901. The molecule has 2 aromatic rings. The van der Waals surface area contributed by atoms with Crippen molar-refractivity contribution >= 4 is 17.3 Å². The Kier molecular flexibility index (Phi) is 2.80. The molecule has 4 heteroatoms. The van der Waals surface area contributed by atoms with E-state index in [1.807, 2.05) is 6.07 Å². The van der Waals surface area contributed by atoms with Crippen LogP contribution in [0.2, 0.25) is 0 Å². The number of halogens is 1. The lowest BCUT2D eigenvalue weighted by Crippen LogP contribution is -2.32. The molecular formula is C19H17FN2S. The average molecular weight is 324 g/mol. The van der Waals surface area contributed by atoms with Gasteiger partial charge in [-0.15, -0.1) is 0 Å². The van der Waals surface area contributed by atoms with Gasteiger partial charge < -0.3 is 10.2 Å². The minimum Gasteiger partial charge on any atom is -0.360 e. The number of hydrogen-bond acceptors (Lipinski definition) is 1. The van der Waals surface area contributed by atoms with Gasteiger partial charge in [0.25, 0.3) is 0 Å². The predicted molar refractivity (Wildman–Crippen MR) is 92.0 cm³/mol. The molecule has 0 saturated carbocycles. The van der Waals surface area contributed by atoms with Crippen LogP contribution in [-0.2, 0) is 6.42 Å². The maximum atomic E-state index is 14.0. The molecule has 2 nitrogen and oxygen atoms in total. The molecule has 0 radical (unpaired) electrons. The summed E-state index contributed by atoms with van der Waals surface area (Å²) in [6.07, 6.45) is 1.95. The van der Waals surface area contributed by atoms with Gasteiger partial charge in [0.15, 0.2) is 5.11 Å². The fourth-order valence-corrected chi connectivity index (χ4v) is 5.00. The van der Waals surface area contributed by atoms with Crippen molar-refractivity contribution in [2.75, 3.05) is 6.54 Å². The lowest BCUT2D eigenvalue weighted by molar-refractivity contribution is 0.347. The Morgan fingerprint density at radius 1 is 1.09 bits per heavy atom. The van der Waals surface area contributed by atoms with Crippen LogP contribution in [0.1, 0.15) is 40.6 Å². The third kappa shape index (κ3) is 1.88. The summed E-state index contributed by atoms with van der Waals surface area (Å²) in [6, 6.07) is 14.5. The van der Waals surface area contributed by atoms with Crippen LogP contribution < -0.4 is 5.32 Å². The molecule has 2 saturated heterocycles. The van der Waals surface area contributed by atoms with Crippen LogP contribution in [0.5, 0.6) is 0 Å². The highest BCUT2D eigenvalue weighted by molar-refractivity contribution is 7.80. The summed E-state index contributed by atoms with van der Waals surface area (Å²) < 4.78 is 14.0. The first-order chi connectivity index (χ1) is 11.2. The Bertz CT molecular complexity index is 819. The molecule has 1 N–H and O–H groups in total. The zero-order valence-corrected chi connectivity index (χ0v) is 13.4. The molecule has 23 heavy (non-hydrogen) atoms. The molecule has 0 spiro atoms. The summed E-state index contributed by atoms with van der Waals surface area (Å²) in [5.74, 6) is 0.231. The highest BCUT2D eigenvalue weighted by Gasteiger charge is 2.48. The summed E-state index contributed by atoms with van der Waals surface area (Å²) in [7, 11) is 0. The van der Waals surface area contributed by atoms with Crippen LogP contribution in [-0.4, -0.2) is 22.6 Å². The van der Waals surface area contributed by atoms with Crippen LogP contribution in [0.25, 0.3) is 0 Å². The number of nitrogens with one attached hydrogen (secondary N) is 1. The number of thiocarbonyl (C=S) groups is 1. The van der Waals surface area contributed by atoms with E-state index in [9.17, 15) is 4.39 Å². The van der Waals surface area contributed by atoms with Crippen molar-refractivity contribution in [1.29, 1.82) is 0 Å². The lowest BCUT2D eigenvalue weighted by Gasteiger charge is -2.29. The van der Waals surface area contributed by atoms with Crippen molar-refractivity contribution in [2.45, 2.75) is 30.8 Å². The third-order valence-corrected chi connectivity index (χ3v) is 5.94. The monoisotopic (exact) mass is 324 g/mol. The molecule has 0 bridgehead atoms. The second kappa shape index (κ2) is 4.78. The fourth-order valence-electron chi connectivity index (χ4n) is 4.65. The second-order valence-corrected chi connectivity index (χ2v) is 7.14. The van der Waals surface area contributed by atoms with Crippen LogP contribution in [0.4, 0.5) is 4.39 Å². The Balaban J connectivity index is 1.76. The zero-order valence-electron chi connectivity index (χ0n) is 12.6. The third-order valence-electron chi connectivity index (χ3n) is 5.59. The fraction of sp³-hybridized carbons (Fsp3) is 0.316. The predicted octanol–water partition coefficient (Wildman–Crippen LogP) is 3.52. The van der Waals surface area contributed by atoms with Gasteiger partial charge in [0.05, 0.1) is 6.04 Å². The largest absolute Gasteiger partial charge is 0.360 e. The zero-order chi connectivity index (χ0) is 15.6. The molecule has 2 aromatic carbocycles. The molecule has 0 aromatic heterocycles. The first kappa shape index (κ1) is 13.5. The Hall–Kier alpha value is -1.94. The molecule has 0 amide bonds. The van der Waals surface area contributed by atoms with Gasteiger partial charge in [-0.1, -0.05) is 30.3 Å². The van der Waals surface area contributed by atoms with Gasteiger partial charge in [-0.05, 0) is 59.4 Å². The van der Waals surface area contributed by atoms with Gasteiger partial charge in [-0.3, -0.25) is 0 Å². The smallest absolute Gasteiger partial charge is 0.169 e.